The van der Waals surface area contributed by atoms with Crippen molar-refractivity contribution in [1.29, 1.82) is 0 Å². The highest BCUT2D eigenvalue weighted by Crippen LogP contribution is 2.07. The van der Waals surface area contributed by atoms with E-state index in [1.54, 1.807) is 39.8 Å². The molecule has 0 N–H and O–H groups in total. The van der Waals surface area contributed by atoms with E-state index in [9.17, 15) is 9.59 Å². The second-order valence-electron chi connectivity index (χ2n) is 3.70. The molecule has 0 heterocycles. The number of carbonyl (C=O) groups is 2. The molecule has 0 atom stereocenters. The van der Waals surface area contributed by atoms with Crippen LogP contribution in [-0.4, -0.2) is 17.4 Å². The molecule has 0 saturated heterocycles. The summed E-state index contributed by atoms with van der Waals surface area (Å²) in [6, 6.07) is 0. The molecule has 0 spiro atoms. The first-order valence-electron chi connectivity index (χ1n) is 4.24. The highest BCUT2D eigenvalue weighted by atomic mass is 16.6. The molecular formula is C10H16O3. The van der Waals surface area contributed by atoms with Crippen LogP contribution in [0, 0.1) is 0 Å². The van der Waals surface area contributed by atoms with Crippen molar-refractivity contribution >= 4 is 11.8 Å². The van der Waals surface area contributed by atoms with Gasteiger partial charge in [0.05, 0.1) is 0 Å². The molecule has 3 nitrogen and oxygen atoms in total. The van der Waals surface area contributed by atoms with Crippen LogP contribution in [0.5, 0.6) is 0 Å². The summed E-state index contributed by atoms with van der Waals surface area (Å²) in [6.45, 7) is 6.98. The van der Waals surface area contributed by atoms with Gasteiger partial charge in [-0.05, 0) is 27.7 Å². The Labute approximate surface area is 78.8 Å². The lowest BCUT2D eigenvalue weighted by Crippen LogP contribution is -2.28. The highest BCUT2D eigenvalue weighted by molar-refractivity contribution is 6.34. The van der Waals surface area contributed by atoms with E-state index in [4.69, 9.17) is 4.74 Å². The van der Waals surface area contributed by atoms with Gasteiger partial charge in [0.25, 0.3) is 0 Å². The number of ether oxygens (including phenoxy) is 1. The predicted molar refractivity (Wildman–Crippen MR) is 50.3 cm³/mol. The van der Waals surface area contributed by atoms with Gasteiger partial charge in [0.1, 0.15) is 5.60 Å². The number of hydrogen-bond donors (Lipinski definition) is 0. The standard InChI is InChI=1S/C10H16O3/c1-5-6-7-8(11)9(12)13-10(2,3)4/h5-6H,7H2,1-4H3. The summed E-state index contributed by atoms with van der Waals surface area (Å²) in [5, 5.41) is 0. The lowest BCUT2D eigenvalue weighted by molar-refractivity contribution is -0.162. The molecule has 0 aliphatic rings. The maximum Gasteiger partial charge on any atom is 0.375 e. The Morgan fingerprint density at radius 2 is 1.85 bits per heavy atom. The van der Waals surface area contributed by atoms with Crippen molar-refractivity contribution in [2.75, 3.05) is 0 Å². The van der Waals surface area contributed by atoms with E-state index < -0.39 is 17.4 Å². The molecule has 0 amide bonds. The molecule has 0 aromatic rings. The SMILES string of the molecule is CC=CCC(=O)C(=O)OC(C)(C)C. The molecule has 0 saturated carbocycles. The summed E-state index contributed by atoms with van der Waals surface area (Å²) in [5.74, 6) is -1.27. The normalized spacial score (nSPS) is 11.7. The predicted octanol–water partition coefficient (Wildman–Crippen LogP) is 1.86. The van der Waals surface area contributed by atoms with Crippen LogP contribution in [0.2, 0.25) is 0 Å². The van der Waals surface area contributed by atoms with Crippen LogP contribution in [0.15, 0.2) is 12.2 Å². The minimum atomic E-state index is -0.759. The first kappa shape index (κ1) is 11.9. The van der Waals surface area contributed by atoms with Gasteiger partial charge in [0.2, 0.25) is 5.78 Å². The van der Waals surface area contributed by atoms with Crippen LogP contribution < -0.4 is 0 Å². The van der Waals surface area contributed by atoms with Crippen molar-refractivity contribution < 1.29 is 14.3 Å². The second kappa shape index (κ2) is 4.80. The summed E-state index contributed by atoms with van der Waals surface area (Å²) in [6.07, 6.45) is 3.47. The first-order valence-corrected chi connectivity index (χ1v) is 4.24. The molecule has 3 heteroatoms. The molecule has 0 aromatic carbocycles. The van der Waals surface area contributed by atoms with Gasteiger partial charge >= 0.3 is 5.97 Å². The van der Waals surface area contributed by atoms with E-state index >= 15 is 0 Å². The smallest absolute Gasteiger partial charge is 0.375 e. The van der Waals surface area contributed by atoms with Gasteiger partial charge < -0.3 is 4.74 Å². The van der Waals surface area contributed by atoms with Crippen molar-refractivity contribution in [1.82, 2.24) is 0 Å². The molecule has 74 valence electrons. The number of esters is 1. The maximum absolute atomic E-state index is 11.1. The van der Waals surface area contributed by atoms with Crippen LogP contribution in [0.1, 0.15) is 34.1 Å². The molecule has 0 aromatic heterocycles. The molecule has 0 fully saturated rings. The Kier molecular flexibility index (Phi) is 4.38. The van der Waals surface area contributed by atoms with Crippen LogP contribution in [0.3, 0.4) is 0 Å². The number of ketones is 1. The van der Waals surface area contributed by atoms with Crippen LogP contribution >= 0.6 is 0 Å². The van der Waals surface area contributed by atoms with Gasteiger partial charge in [-0.3, -0.25) is 4.79 Å². The molecule has 0 aliphatic carbocycles. The fraction of sp³-hybridized carbons (Fsp3) is 0.600. The Morgan fingerprint density at radius 1 is 1.31 bits per heavy atom. The lowest BCUT2D eigenvalue weighted by atomic mass is 10.2. The number of hydrogen-bond acceptors (Lipinski definition) is 3. The number of carbonyl (C=O) groups excluding carboxylic acids is 2. The summed E-state index contributed by atoms with van der Waals surface area (Å²) in [5.41, 5.74) is -0.595. The maximum atomic E-state index is 11.1. The van der Waals surface area contributed by atoms with E-state index in [1.165, 1.54) is 0 Å². The van der Waals surface area contributed by atoms with Crippen molar-refractivity contribution in [3.63, 3.8) is 0 Å². The average molecular weight is 184 g/mol. The third-order valence-electron chi connectivity index (χ3n) is 1.17. The van der Waals surface area contributed by atoms with E-state index in [1.807, 2.05) is 0 Å². The molecular weight excluding hydrogens is 168 g/mol. The summed E-state index contributed by atoms with van der Waals surface area (Å²) < 4.78 is 4.87. The third kappa shape index (κ3) is 6.08. The molecule has 13 heavy (non-hydrogen) atoms. The zero-order chi connectivity index (χ0) is 10.5. The largest absolute Gasteiger partial charge is 0.454 e. The van der Waals surface area contributed by atoms with Gasteiger partial charge in [0.15, 0.2) is 0 Å². The monoisotopic (exact) mass is 184 g/mol. The fourth-order valence-electron chi connectivity index (χ4n) is 0.643. The van der Waals surface area contributed by atoms with Crippen LogP contribution in [0.25, 0.3) is 0 Å². The van der Waals surface area contributed by atoms with Gasteiger partial charge in [-0.1, -0.05) is 12.2 Å². The summed E-state index contributed by atoms with van der Waals surface area (Å²) in [7, 11) is 0. The Bertz CT molecular complexity index is 221. The second-order valence-corrected chi connectivity index (χ2v) is 3.70. The van der Waals surface area contributed by atoms with Crippen molar-refractivity contribution in [2.45, 2.75) is 39.7 Å². The summed E-state index contributed by atoms with van der Waals surface area (Å²) >= 11 is 0. The highest BCUT2D eigenvalue weighted by Gasteiger charge is 2.21. The fourth-order valence-corrected chi connectivity index (χ4v) is 0.643. The average Bonchev–Trinajstić information content (AvgIpc) is 1.96. The minimum absolute atomic E-state index is 0.116. The molecule has 0 bridgehead atoms. The molecule has 0 aliphatic heterocycles. The third-order valence-corrected chi connectivity index (χ3v) is 1.17. The zero-order valence-corrected chi connectivity index (χ0v) is 8.59. The number of Topliss-reactive ketones (excluding diaryl/α,β-unsaturated/α-hetero) is 1. The quantitative estimate of drug-likeness (QED) is 0.382. The molecule has 0 rings (SSSR count). The molecule has 0 radical (unpaired) electrons. The van der Waals surface area contributed by atoms with Crippen molar-refractivity contribution in [3.05, 3.63) is 12.2 Å². The minimum Gasteiger partial charge on any atom is -0.454 e. The van der Waals surface area contributed by atoms with E-state index in [0.717, 1.165) is 0 Å². The Morgan fingerprint density at radius 3 is 2.23 bits per heavy atom. The lowest BCUT2D eigenvalue weighted by Gasteiger charge is -2.18. The van der Waals surface area contributed by atoms with E-state index in [-0.39, 0.29) is 6.42 Å². The van der Waals surface area contributed by atoms with Gasteiger partial charge in [-0.15, -0.1) is 0 Å². The van der Waals surface area contributed by atoms with E-state index in [2.05, 4.69) is 0 Å². The van der Waals surface area contributed by atoms with Gasteiger partial charge in [-0.25, -0.2) is 4.79 Å². The topological polar surface area (TPSA) is 43.4 Å². The van der Waals surface area contributed by atoms with Crippen LogP contribution in [0.4, 0.5) is 0 Å². The van der Waals surface area contributed by atoms with Crippen molar-refractivity contribution in [2.24, 2.45) is 0 Å². The van der Waals surface area contributed by atoms with Crippen molar-refractivity contribution in [3.8, 4) is 0 Å². The number of rotatable bonds is 3. The number of allylic oxidation sites excluding steroid dienone is 2. The first-order chi connectivity index (χ1) is 5.87. The molecule has 0 unspecified atom stereocenters. The van der Waals surface area contributed by atoms with E-state index in [0.29, 0.717) is 0 Å². The Hall–Kier alpha value is -1.12. The summed E-state index contributed by atoms with van der Waals surface area (Å²) in [4.78, 5) is 22.1. The zero-order valence-electron chi connectivity index (χ0n) is 8.59. The van der Waals surface area contributed by atoms with Crippen LogP contribution in [-0.2, 0) is 14.3 Å². The van der Waals surface area contributed by atoms with Gasteiger partial charge in [-0.2, -0.15) is 0 Å². The van der Waals surface area contributed by atoms with Gasteiger partial charge in [0, 0.05) is 6.42 Å². The Balaban J connectivity index is 4.05.